The van der Waals surface area contributed by atoms with Crippen LogP contribution in [0.3, 0.4) is 0 Å². The van der Waals surface area contributed by atoms with Crippen LogP contribution in [0.2, 0.25) is 0 Å². The fourth-order valence-corrected chi connectivity index (χ4v) is 1.87. The average molecular weight is 251 g/mol. The van der Waals surface area contributed by atoms with Crippen LogP contribution in [-0.4, -0.2) is 23.9 Å². The van der Waals surface area contributed by atoms with Gasteiger partial charge in [0.15, 0.2) is 0 Å². The van der Waals surface area contributed by atoms with Crippen molar-refractivity contribution >= 4 is 0 Å². The highest BCUT2D eigenvalue weighted by atomic mass is 16.5. The predicted molar refractivity (Wildman–Crippen MR) is 74.8 cm³/mol. The summed E-state index contributed by atoms with van der Waals surface area (Å²) >= 11 is 0. The summed E-state index contributed by atoms with van der Waals surface area (Å²) in [5.74, 6) is 1.05. The molecule has 0 fully saturated rings. The molecule has 3 N–H and O–H groups in total. The number of aliphatic hydroxyl groups is 1. The zero-order valence-corrected chi connectivity index (χ0v) is 11.6. The van der Waals surface area contributed by atoms with E-state index >= 15 is 0 Å². The van der Waals surface area contributed by atoms with E-state index in [0.29, 0.717) is 0 Å². The summed E-state index contributed by atoms with van der Waals surface area (Å²) < 4.78 is 5.74. The van der Waals surface area contributed by atoms with Gasteiger partial charge in [0.1, 0.15) is 11.9 Å². The highest BCUT2D eigenvalue weighted by molar-refractivity contribution is 5.27. The van der Waals surface area contributed by atoms with Gasteiger partial charge in [-0.2, -0.15) is 0 Å². The molecular formula is C15H25NO2. The molecule has 1 aromatic carbocycles. The summed E-state index contributed by atoms with van der Waals surface area (Å²) in [6.07, 6.45) is 1.87. The van der Waals surface area contributed by atoms with Gasteiger partial charge in [-0.05, 0) is 30.0 Å². The highest BCUT2D eigenvalue weighted by Crippen LogP contribution is 2.17. The molecule has 0 aliphatic rings. The van der Waals surface area contributed by atoms with E-state index in [1.54, 1.807) is 0 Å². The van der Waals surface area contributed by atoms with E-state index in [4.69, 9.17) is 10.5 Å². The van der Waals surface area contributed by atoms with Gasteiger partial charge in [0.05, 0.1) is 6.61 Å². The number of hydrogen-bond acceptors (Lipinski definition) is 3. The van der Waals surface area contributed by atoms with E-state index in [1.807, 2.05) is 26.0 Å². The molecule has 1 aromatic rings. The van der Waals surface area contributed by atoms with Crippen molar-refractivity contribution in [1.82, 2.24) is 0 Å². The van der Waals surface area contributed by atoms with Crippen LogP contribution in [0, 0.1) is 5.92 Å². The van der Waals surface area contributed by atoms with Crippen LogP contribution in [0.4, 0.5) is 0 Å². The molecular weight excluding hydrogens is 226 g/mol. The van der Waals surface area contributed by atoms with Gasteiger partial charge in [-0.3, -0.25) is 0 Å². The number of ether oxygens (including phenoxy) is 1. The van der Waals surface area contributed by atoms with Crippen molar-refractivity contribution in [1.29, 1.82) is 0 Å². The van der Waals surface area contributed by atoms with Crippen molar-refractivity contribution in [2.75, 3.05) is 6.61 Å². The van der Waals surface area contributed by atoms with Crippen molar-refractivity contribution in [2.24, 2.45) is 11.7 Å². The summed E-state index contributed by atoms with van der Waals surface area (Å²) in [6.45, 7) is 6.16. The highest BCUT2D eigenvalue weighted by Gasteiger charge is 2.21. The molecule has 0 saturated heterocycles. The Kier molecular flexibility index (Phi) is 6.16. The number of rotatable bonds is 7. The summed E-state index contributed by atoms with van der Waals surface area (Å²) in [5, 5.41) is 9.34. The van der Waals surface area contributed by atoms with Crippen molar-refractivity contribution < 1.29 is 9.84 Å². The van der Waals surface area contributed by atoms with E-state index in [-0.39, 0.29) is 24.7 Å². The van der Waals surface area contributed by atoms with Gasteiger partial charge in [0.2, 0.25) is 0 Å². The molecule has 0 heterocycles. The molecule has 2 unspecified atom stereocenters. The average Bonchev–Trinajstić information content (AvgIpc) is 2.37. The van der Waals surface area contributed by atoms with E-state index in [0.717, 1.165) is 18.6 Å². The smallest absolute Gasteiger partial charge is 0.137 e. The first-order valence-electron chi connectivity index (χ1n) is 6.70. The van der Waals surface area contributed by atoms with Crippen molar-refractivity contribution in [2.45, 2.75) is 45.8 Å². The Morgan fingerprint density at radius 2 is 1.83 bits per heavy atom. The molecule has 0 aromatic heterocycles. The number of hydrogen-bond donors (Lipinski definition) is 2. The number of nitrogens with two attached hydrogens (primary N) is 1. The van der Waals surface area contributed by atoms with Crippen LogP contribution in [0.15, 0.2) is 24.3 Å². The third-order valence-corrected chi connectivity index (χ3v) is 3.13. The summed E-state index contributed by atoms with van der Waals surface area (Å²) in [4.78, 5) is 0. The lowest BCUT2D eigenvalue weighted by molar-refractivity contribution is 0.0811. The lowest BCUT2D eigenvalue weighted by Crippen LogP contribution is -2.45. The third kappa shape index (κ3) is 4.31. The van der Waals surface area contributed by atoms with Gasteiger partial charge in [0, 0.05) is 6.04 Å². The van der Waals surface area contributed by atoms with Gasteiger partial charge in [-0.25, -0.2) is 0 Å². The molecule has 18 heavy (non-hydrogen) atoms. The Morgan fingerprint density at radius 3 is 2.28 bits per heavy atom. The Bertz CT molecular complexity index is 335. The lowest BCUT2D eigenvalue weighted by Gasteiger charge is -2.26. The van der Waals surface area contributed by atoms with Crippen molar-refractivity contribution in [3.63, 3.8) is 0 Å². The van der Waals surface area contributed by atoms with Crippen LogP contribution in [0.5, 0.6) is 5.75 Å². The summed E-state index contributed by atoms with van der Waals surface area (Å²) in [7, 11) is 0. The summed E-state index contributed by atoms with van der Waals surface area (Å²) in [6, 6.07) is 7.86. The van der Waals surface area contributed by atoms with E-state index in [1.165, 1.54) is 5.56 Å². The first-order valence-corrected chi connectivity index (χ1v) is 6.70. The zero-order chi connectivity index (χ0) is 13.5. The van der Waals surface area contributed by atoms with Crippen LogP contribution < -0.4 is 10.5 Å². The quantitative estimate of drug-likeness (QED) is 0.782. The second-order valence-electron chi connectivity index (χ2n) is 5.05. The first kappa shape index (κ1) is 15.0. The fraction of sp³-hybridized carbons (Fsp3) is 0.600. The largest absolute Gasteiger partial charge is 0.486 e. The number of aryl methyl sites for hydroxylation is 1. The third-order valence-electron chi connectivity index (χ3n) is 3.13. The maximum absolute atomic E-state index is 9.34. The van der Waals surface area contributed by atoms with E-state index in [9.17, 15) is 5.11 Å². The second kappa shape index (κ2) is 7.39. The molecule has 1 rings (SSSR count). The second-order valence-corrected chi connectivity index (χ2v) is 5.05. The van der Waals surface area contributed by atoms with Crippen LogP contribution in [0.1, 0.15) is 32.8 Å². The van der Waals surface area contributed by atoms with Gasteiger partial charge < -0.3 is 15.6 Å². The molecule has 0 aliphatic carbocycles. The molecule has 102 valence electrons. The van der Waals surface area contributed by atoms with Gasteiger partial charge in [-0.15, -0.1) is 0 Å². The van der Waals surface area contributed by atoms with Gasteiger partial charge >= 0.3 is 0 Å². The monoisotopic (exact) mass is 251 g/mol. The minimum Gasteiger partial charge on any atom is -0.486 e. The Morgan fingerprint density at radius 1 is 1.22 bits per heavy atom. The molecule has 0 bridgehead atoms. The fourth-order valence-electron chi connectivity index (χ4n) is 1.87. The van der Waals surface area contributed by atoms with Gasteiger partial charge in [-0.1, -0.05) is 39.3 Å². The normalized spacial score (nSPS) is 14.6. The molecule has 3 heteroatoms. The molecule has 0 aliphatic heterocycles. The minimum atomic E-state index is -0.345. The maximum Gasteiger partial charge on any atom is 0.137 e. The Balaban J connectivity index is 2.64. The predicted octanol–water partition coefficient (Wildman–Crippen LogP) is 2.36. The maximum atomic E-state index is 9.34. The minimum absolute atomic E-state index is 0.0595. The van der Waals surface area contributed by atoms with E-state index < -0.39 is 0 Å². The molecule has 0 saturated carbocycles. The molecule has 0 radical (unpaired) electrons. The van der Waals surface area contributed by atoms with Crippen LogP contribution in [-0.2, 0) is 6.42 Å². The van der Waals surface area contributed by atoms with Crippen molar-refractivity contribution in [3.05, 3.63) is 29.8 Å². The molecule has 2 atom stereocenters. The van der Waals surface area contributed by atoms with Crippen LogP contribution in [0.25, 0.3) is 0 Å². The molecule has 0 amide bonds. The Labute approximate surface area is 110 Å². The number of aliphatic hydroxyl groups excluding tert-OH is 1. The standard InChI is InChI=1S/C15H25NO2/c1-4-5-12-6-8-13(9-7-12)18-14(10-17)15(16)11(2)3/h6-9,11,14-15,17H,4-5,10,16H2,1-3H3. The van der Waals surface area contributed by atoms with Crippen LogP contribution >= 0.6 is 0 Å². The topological polar surface area (TPSA) is 55.5 Å². The summed E-state index contributed by atoms with van der Waals surface area (Å²) in [5.41, 5.74) is 7.32. The lowest BCUT2D eigenvalue weighted by atomic mass is 10.00. The SMILES string of the molecule is CCCc1ccc(OC(CO)C(N)C(C)C)cc1. The zero-order valence-electron chi connectivity index (χ0n) is 11.6. The Hall–Kier alpha value is -1.06. The molecule has 3 nitrogen and oxygen atoms in total. The van der Waals surface area contributed by atoms with E-state index in [2.05, 4.69) is 19.1 Å². The first-order chi connectivity index (χ1) is 8.58. The van der Waals surface area contributed by atoms with Gasteiger partial charge in [0.25, 0.3) is 0 Å². The van der Waals surface area contributed by atoms with Crippen molar-refractivity contribution in [3.8, 4) is 5.75 Å². The molecule has 0 spiro atoms. The number of benzene rings is 1.